The summed E-state index contributed by atoms with van der Waals surface area (Å²) in [6, 6.07) is 3.79. The van der Waals surface area contributed by atoms with E-state index in [4.69, 9.17) is 0 Å². The third-order valence-corrected chi connectivity index (χ3v) is 4.40. The number of hydrogen-bond donors (Lipinski definition) is 1. The molecular weight excluding hydrogens is 206 g/mol. The highest BCUT2D eigenvalue weighted by Crippen LogP contribution is 2.43. The van der Waals surface area contributed by atoms with E-state index in [2.05, 4.69) is 12.2 Å². The molecule has 2 rings (SSSR count). The Balaban J connectivity index is 1.85. The predicted octanol–water partition coefficient (Wildman–Crippen LogP) is 3.06. The Morgan fingerprint density at radius 2 is 2.40 bits per heavy atom. The van der Waals surface area contributed by atoms with Gasteiger partial charge in [0.25, 0.3) is 5.91 Å². The van der Waals surface area contributed by atoms with Crippen LogP contribution in [0.3, 0.4) is 0 Å². The molecule has 2 nitrogen and oxygen atoms in total. The van der Waals surface area contributed by atoms with E-state index in [0.29, 0.717) is 5.41 Å². The molecule has 1 fully saturated rings. The highest BCUT2D eigenvalue weighted by atomic mass is 32.1. The molecule has 1 N–H and O–H groups in total. The van der Waals surface area contributed by atoms with E-state index in [0.717, 1.165) is 11.4 Å². The molecule has 0 aliphatic heterocycles. The van der Waals surface area contributed by atoms with Crippen LogP contribution in [0.25, 0.3) is 0 Å². The zero-order valence-corrected chi connectivity index (χ0v) is 9.90. The van der Waals surface area contributed by atoms with Gasteiger partial charge >= 0.3 is 0 Å². The summed E-state index contributed by atoms with van der Waals surface area (Å²) in [4.78, 5) is 12.5. The molecule has 0 spiro atoms. The van der Waals surface area contributed by atoms with Crippen LogP contribution < -0.4 is 5.32 Å². The van der Waals surface area contributed by atoms with Gasteiger partial charge in [0.1, 0.15) is 0 Å². The van der Waals surface area contributed by atoms with Crippen molar-refractivity contribution >= 4 is 17.2 Å². The van der Waals surface area contributed by atoms with Gasteiger partial charge in [-0.2, -0.15) is 0 Å². The highest BCUT2D eigenvalue weighted by molar-refractivity contribution is 7.12. The molecule has 1 aromatic heterocycles. The summed E-state index contributed by atoms with van der Waals surface area (Å²) in [7, 11) is 0. The molecule has 1 aliphatic carbocycles. The van der Waals surface area contributed by atoms with E-state index in [1.54, 1.807) is 0 Å². The van der Waals surface area contributed by atoms with Crippen LogP contribution in [0.4, 0.5) is 0 Å². The topological polar surface area (TPSA) is 29.1 Å². The molecule has 0 aromatic carbocycles. The molecule has 3 heteroatoms. The van der Waals surface area contributed by atoms with Gasteiger partial charge in [-0.1, -0.05) is 19.4 Å². The number of rotatable bonds is 4. The van der Waals surface area contributed by atoms with E-state index >= 15 is 0 Å². The van der Waals surface area contributed by atoms with E-state index in [1.165, 1.54) is 37.0 Å². The molecule has 1 saturated carbocycles. The lowest BCUT2D eigenvalue weighted by atomic mass is 9.67. The number of carbonyl (C=O) groups excluding carboxylic acids is 1. The van der Waals surface area contributed by atoms with Crippen LogP contribution in [0, 0.1) is 5.41 Å². The molecule has 1 heterocycles. The van der Waals surface area contributed by atoms with Crippen molar-refractivity contribution in [1.82, 2.24) is 5.32 Å². The fraction of sp³-hybridized carbons (Fsp3) is 0.583. The molecule has 1 aliphatic rings. The highest BCUT2D eigenvalue weighted by Gasteiger charge is 2.35. The Labute approximate surface area is 94.7 Å². The standard InChI is InChI=1S/C12H17NOS/c1-2-12(6-4-7-12)9-13-11(14)10-5-3-8-15-10/h3,5,8H,2,4,6-7,9H2,1H3,(H,13,14). The third-order valence-electron chi connectivity index (χ3n) is 3.53. The van der Waals surface area contributed by atoms with E-state index < -0.39 is 0 Å². The molecule has 1 amide bonds. The van der Waals surface area contributed by atoms with Crippen molar-refractivity contribution < 1.29 is 4.79 Å². The van der Waals surface area contributed by atoms with Crippen LogP contribution >= 0.6 is 11.3 Å². The monoisotopic (exact) mass is 223 g/mol. The summed E-state index contributed by atoms with van der Waals surface area (Å²) in [6.45, 7) is 3.07. The smallest absolute Gasteiger partial charge is 0.261 e. The number of thiophene rings is 1. The predicted molar refractivity (Wildman–Crippen MR) is 63.2 cm³/mol. The Bertz CT molecular complexity index is 322. The number of hydrogen-bond acceptors (Lipinski definition) is 2. The average molecular weight is 223 g/mol. The van der Waals surface area contributed by atoms with Crippen molar-refractivity contribution in [2.75, 3.05) is 6.54 Å². The summed E-state index contributed by atoms with van der Waals surface area (Å²) in [5, 5.41) is 4.99. The SMILES string of the molecule is CCC1(CNC(=O)c2cccs2)CCC1. The first kappa shape index (κ1) is 10.7. The maximum absolute atomic E-state index is 11.7. The third kappa shape index (κ3) is 2.23. The first-order valence-corrected chi connectivity index (χ1v) is 6.45. The van der Waals surface area contributed by atoms with Gasteiger partial charge in [-0.05, 0) is 36.1 Å². The van der Waals surface area contributed by atoms with Gasteiger partial charge < -0.3 is 5.32 Å². The van der Waals surface area contributed by atoms with Gasteiger partial charge in [0, 0.05) is 6.54 Å². The Morgan fingerprint density at radius 1 is 1.60 bits per heavy atom. The lowest BCUT2D eigenvalue weighted by Crippen LogP contribution is -2.41. The largest absolute Gasteiger partial charge is 0.351 e. The van der Waals surface area contributed by atoms with Crippen molar-refractivity contribution in [1.29, 1.82) is 0 Å². The molecule has 0 radical (unpaired) electrons. The molecule has 1 aromatic rings. The fourth-order valence-electron chi connectivity index (χ4n) is 2.09. The normalized spacial score (nSPS) is 18.2. The van der Waals surface area contributed by atoms with Crippen molar-refractivity contribution in [3.05, 3.63) is 22.4 Å². The quantitative estimate of drug-likeness (QED) is 0.835. The average Bonchev–Trinajstić information content (AvgIpc) is 2.69. The van der Waals surface area contributed by atoms with Gasteiger partial charge in [0.05, 0.1) is 4.88 Å². The molecule has 0 bridgehead atoms. The van der Waals surface area contributed by atoms with Crippen LogP contribution in [-0.4, -0.2) is 12.5 Å². The van der Waals surface area contributed by atoms with Crippen LogP contribution in [0.15, 0.2) is 17.5 Å². The van der Waals surface area contributed by atoms with Crippen molar-refractivity contribution in [3.8, 4) is 0 Å². The molecule has 15 heavy (non-hydrogen) atoms. The van der Waals surface area contributed by atoms with Crippen molar-refractivity contribution in [2.45, 2.75) is 32.6 Å². The zero-order chi connectivity index (χ0) is 10.7. The summed E-state index contributed by atoms with van der Waals surface area (Å²) in [5.41, 5.74) is 0.410. The van der Waals surface area contributed by atoms with Crippen LogP contribution in [0.2, 0.25) is 0 Å². The maximum atomic E-state index is 11.7. The second kappa shape index (κ2) is 4.35. The minimum Gasteiger partial charge on any atom is -0.351 e. The number of carbonyl (C=O) groups is 1. The molecule has 0 saturated heterocycles. The van der Waals surface area contributed by atoms with Crippen LogP contribution in [-0.2, 0) is 0 Å². The molecule has 0 unspecified atom stereocenters. The Hall–Kier alpha value is -0.830. The zero-order valence-electron chi connectivity index (χ0n) is 9.08. The van der Waals surface area contributed by atoms with Gasteiger partial charge in [0.2, 0.25) is 0 Å². The van der Waals surface area contributed by atoms with Gasteiger partial charge in [-0.3, -0.25) is 4.79 Å². The summed E-state index contributed by atoms with van der Waals surface area (Å²) < 4.78 is 0. The minimum absolute atomic E-state index is 0.0877. The van der Waals surface area contributed by atoms with E-state index in [1.807, 2.05) is 17.5 Å². The summed E-state index contributed by atoms with van der Waals surface area (Å²) in [5.74, 6) is 0.0877. The van der Waals surface area contributed by atoms with Crippen LogP contribution in [0.5, 0.6) is 0 Å². The van der Waals surface area contributed by atoms with Crippen molar-refractivity contribution in [3.63, 3.8) is 0 Å². The second-order valence-corrected chi connectivity index (χ2v) is 5.31. The first-order chi connectivity index (χ1) is 7.26. The van der Waals surface area contributed by atoms with E-state index in [-0.39, 0.29) is 5.91 Å². The number of amides is 1. The van der Waals surface area contributed by atoms with Gasteiger partial charge in [0.15, 0.2) is 0 Å². The maximum Gasteiger partial charge on any atom is 0.261 e. The minimum atomic E-state index is 0.0877. The summed E-state index contributed by atoms with van der Waals surface area (Å²) >= 11 is 1.50. The first-order valence-electron chi connectivity index (χ1n) is 5.57. The summed E-state index contributed by atoms with van der Waals surface area (Å²) in [6.07, 6.45) is 5.04. The Morgan fingerprint density at radius 3 is 2.87 bits per heavy atom. The lowest BCUT2D eigenvalue weighted by molar-refractivity contribution is 0.0854. The second-order valence-electron chi connectivity index (χ2n) is 4.37. The van der Waals surface area contributed by atoms with Crippen LogP contribution in [0.1, 0.15) is 42.3 Å². The number of nitrogens with one attached hydrogen (secondary N) is 1. The van der Waals surface area contributed by atoms with Gasteiger partial charge in [-0.25, -0.2) is 0 Å². The Kier molecular flexibility index (Phi) is 3.10. The fourth-order valence-corrected chi connectivity index (χ4v) is 2.73. The van der Waals surface area contributed by atoms with Gasteiger partial charge in [-0.15, -0.1) is 11.3 Å². The molecule has 82 valence electrons. The molecular formula is C12H17NOS. The molecule has 0 atom stereocenters. The lowest BCUT2D eigenvalue weighted by Gasteiger charge is -2.41. The van der Waals surface area contributed by atoms with Crippen molar-refractivity contribution in [2.24, 2.45) is 5.41 Å². The van der Waals surface area contributed by atoms with E-state index in [9.17, 15) is 4.79 Å².